The predicted molar refractivity (Wildman–Crippen MR) is 87.0 cm³/mol. The van der Waals surface area contributed by atoms with Crippen molar-refractivity contribution in [3.63, 3.8) is 0 Å². The Hall–Kier alpha value is -0.860. The largest absolute Gasteiger partial charge is 0.322 e. The molecular formula is C18H30N2. The van der Waals surface area contributed by atoms with E-state index in [2.05, 4.69) is 50.8 Å². The molecule has 1 aromatic rings. The molecule has 2 rings (SSSR count). The molecule has 1 aliphatic heterocycles. The van der Waals surface area contributed by atoms with E-state index in [0.29, 0.717) is 0 Å². The van der Waals surface area contributed by atoms with E-state index in [1.165, 1.54) is 49.0 Å². The molecule has 0 spiro atoms. The Balaban J connectivity index is 2.29. The van der Waals surface area contributed by atoms with Crippen LogP contribution in [0.2, 0.25) is 0 Å². The average molecular weight is 274 g/mol. The van der Waals surface area contributed by atoms with E-state index in [9.17, 15) is 0 Å². The van der Waals surface area contributed by atoms with Crippen LogP contribution >= 0.6 is 0 Å². The lowest BCUT2D eigenvalue weighted by atomic mass is 9.81. The molecule has 0 radical (unpaired) electrons. The summed E-state index contributed by atoms with van der Waals surface area (Å²) in [5.41, 5.74) is 10.7. The summed E-state index contributed by atoms with van der Waals surface area (Å²) in [6.45, 7) is 11.4. The van der Waals surface area contributed by atoms with Crippen molar-refractivity contribution in [1.82, 2.24) is 4.90 Å². The average Bonchev–Trinajstić information content (AvgIpc) is 2.46. The number of aryl methyl sites for hydroxylation is 2. The molecule has 2 N–H and O–H groups in total. The van der Waals surface area contributed by atoms with Crippen molar-refractivity contribution in [2.24, 2.45) is 5.73 Å². The molecule has 2 nitrogen and oxygen atoms in total. The van der Waals surface area contributed by atoms with Crippen LogP contribution in [-0.2, 0) is 0 Å². The van der Waals surface area contributed by atoms with Crippen LogP contribution in [0.15, 0.2) is 18.2 Å². The number of piperidine rings is 1. The van der Waals surface area contributed by atoms with E-state index in [0.717, 1.165) is 6.42 Å². The van der Waals surface area contributed by atoms with E-state index < -0.39 is 0 Å². The van der Waals surface area contributed by atoms with Crippen molar-refractivity contribution < 1.29 is 0 Å². The van der Waals surface area contributed by atoms with Gasteiger partial charge in [0.25, 0.3) is 0 Å². The van der Waals surface area contributed by atoms with Crippen LogP contribution in [0.5, 0.6) is 0 Å². The Morgan fingerprint density at radius 2 is 1.85 bits per heavy atom. The monoisotopic (exact) mass is 274 g/mol. The molecule has 0 amide bonds. The minimum Gasteiger partial charge on any atom is -0.322 e. The molecule has 112 valence electrons. The summed E-state index contributed by atoms with van der Waals surface area (Å²) in [7, 11) is 0. The summed E-state index contributed by atoms with van der Waals surface area (Å²) < 4.78 is 0. The van der Waals surface area contributed by atoms with Crippen LogP contribution in [0.3, 0.4) is 0 Å². The van der Waals surface area contributed by atoms with Crippen LogP contribution in [-0.4, -0.2) is 23.5 Å². The lowest BCUT2D eigenvalue weighted by Gasteiger charge is -2.47. The van der Waals surface area contributed by atoms with Gasteiger partial charge in [-0.2, -0.15) is 0 Å². The number of hydrogen-bond acceptors (Lipinski definition) is 2. The van der Waals surface area contributed by atoms with Crippen LogP contribution in [0.1, 0.15) is 62.3 Å². The molecule has 1 fully saturated rings. The van der Waals surface area contributed by atoms with E-state index in [1.807, 2.05) is 0 Å². The lowest BCUT2D eigenvalue weighted by molar-refractivity contribution is 0.0541. The van der Waals surface area contributed by atoms with Crippen LogP contribution in [0.25, 0.3) is 0 Å². The van der Waals surface area contributed by atoms with Gasteiger partial charge in [-0.25, -0.2) is 0 Å². The second-order valence-electron chi connectivity index (χ2n) is 6.60. The van der Waals surface area contributed by atoms with E-state index in [-0.39, 0.29) is 11.6 Å². The van der Waals surface area contributed by atoms with Gasteiger partial charge in [0.2, 0.25) is 0 Å². The lowest BCUT2D eigenvalue weighted by Crippen LogP contribution is -2.54. The van der Waals surface area contributed by atoms with E-state index in [4.69, 9.17) is 5.73 Å². The van der Waals surface area contributed by atoms with Gasteiger partial charge in [0.05, 0.1) is 0 Å². The predicted octanol–water partition coefficient (Wildman–Crippen LogP) is 3.96. The van der Waals surface area contributed by atoms with Gasteiger partial charge < -0.3 is 5.73 Å². The van der Waals surface area contributed by atoms with Crippen molar-refractivity contribution in [3.8, 4) is 0 Å². The van der Waals surface area contributed by atoms with Gasteiger partial charge in [0, 0.05) is 11.6 Å². The minimum absolute atomic E-state index is 0.0699. The van der Waals surface area contributed by atoms with Crippen molar-refractivity contribution in [1.29, 1.82) is 0 Å². The zero-order valence-corrected chi connectivity index (χ0v) is 13.6. The van der Waals surface area contributed by atoms with Gasteiger partial charge in [-0.15, -0.1) is 0 Å². The molecule has 0 bridgehead atoms. The highest BCUT2D eigenvalue weighted by Gasteiger charge is 2.37. The second-order valence-corrected chi connectivity index (χ2v) is 6.60. The molecule has 1 saturated heterocycles. The third-order valence-corrected chi connectivity index (χ3v) is 5.22. The van der Waals surface area contributed by atoms with Crippen LogP contribution in [0, 0.1) is 13.8 Å². The number of nitrogens with zero attached hydrogens (tertiary/aromatic N) is 1. The first-order chi connectivity index (χ1) is 9.49. The van der Waals surface area contributed by atoms with Gasteiger partial charge in [0.1, 0.15) is 0 Å². The molecule has 2 unspecified atom stereocenters. The Morgan fingerprint density at radius 1 is 1.20 bits per heavy atom. The minimum atomic E-state index is 0.0699. The highest BCUT2D eigenvalue weighted by atomic mass is 15.2. The summed E-state index contributed by atoms with van der Waals surface area (Å²) in [5.74, 6) is 0. The highest BCUT2D eigenvalue weighted by Crippen LogP contribution is 2.35. The topological polar surface area (TPSA) is 29.3 Å². The summed E-state index contributed by atoms with van der Waals surface area (Å²) in [6.07, 6.45) is 5.10. The molecule has 0 saturated carbocycles. The number of likely N-dealkylation sites (tertiary alicyclic amines) is 1. The Bertz CT molecular complexity index is 449. The molecule has 0 aromatic heterocycles. The number of hydrogen-bond donors (Lipinski definition) is 1. The normalized spacial score (nSPS) is 21.4. The van der Waals surface area contributed by atoms with Gasteiger partial charge >= 0.3 is 0 Å². The van der Waals surface area contributed by atoms with Crippen molar-refractivity contribution in [2.75, 3.05) is 13.1 Å². The van der Waals surface area contributed by atoms with Crippen molar-refractivity contribution >= 4 is 0 Å². The summed E-state index contributed by atoms with van der Waals surface area (Å²) in [4.78, 5) is 2.63. The molecule has 2 heteroatoms. The van der Waals surface area contributed by atoms with Gasteiger partial charge in [-0.1, -0.05) is 37.1 Å². The standard InChI is InChI=1S/C18H30N2/c1-5-18(4,20-11-7-6-8-12-20)17(19)16-10-9-14(2)13-15(16)3/h9-10,13,17H,5-8,11-12,19H2,1-4H3. The zero-order chi connectivity index (χ0) is 14.8. The molecule has 2 atom stereocenters. The number of nitrogens with two attached hydrogens (primary N) is 1. The molecule has 1 heterocycles. The smallest absolute Gasteiger partial charge is 0.0481 e. The van der Waals surface area contributed by atoms with Crippen LogP contribution < -0.4 is 5.73 Å². The fraction of sp³-hybridized carbons (Fsp3) is 0.667. The first kappa shape index (κ1) is 15.5. The maximum atomic E-state index is 6.72. The fourth-order valence-electron chi connectivity index (χ4n) is 3.55. The number of rotatable bonds is 4. The third kappa shape index (κ3) is 2.91. The quantitative estimate of drug-likeness (QED) is 0.900. The molecular weight excluding hydrogens is 244 g/mol. The fourth-order valence-corrected chi connectivity index (χ4v) is 3.55. The van der Waals surface area contributed by atoms with Crippen LogP contribution in [0.4, 0.5) is 0 Å². The Morgan fingerprint density at radius 3 is 2.40 bits per heavy atom. The Labute approximate surface area is 124 Å². The zero-order valence-electron chi connectivity index (χ0n) is 13.6. The van der Waals surface area contributed by atoms with Gasteiger partial charge in [-0.3, -0.25) is 4.90 Å². The van der Waals surface area contributed by atoms with Gasteiger partial charge in [0.15, 0.2) is 0 Å². The third-order valence-electron chi connectivity index (χ3n) is 5.22. The maximum absolute atomic E-state index is 6.72. The van der Waals surface area contributed by atoms with Gasteiger partial charge in [-0.05, 0) is 64.3 Å². The molecule has 0 aliphatic carbocycles. The van der Waals surface area contributed by atoms with E-state index in [1.54, 1.807) is 0 Å². The SMILES string of the molecule is CCC(C)(C(N)c1ccc(C)cc1C)N1CCCCC1. The summed E-state index contributed by atoms with van der Waals surface area (Å²) >= 11 is 0. The number of benzene rings is 1. The summed E-state index contributed by atoms with van der Waals surface area (Å²) in [5, 5.41) is 0. The summed E-state index contributed by atoms with van der Waals surface area (Å²) in [6, 6.07) is 6.76. The first-order valence-corrected chi connectivity index (χ1v) is 8.07. The second kappa shape index (κ2) is 6.28. The molecule has 20 heavy (non-hydrogen) atoms. The maximum Gasteiger partial charge on any atom is 0.0481 e. The van der Waals surface area contributed by atoms with Crippen molar-refractivity contribution in [3.05, 3.63) is 34.9 Å². The van der Waals surface area contributed by atoms with Crippen molar-refractivity contribution in [2.45, 2.75) is 65.0 Å². The molecule has 1 aliphatic rings. The highest BCUT2D eigenvalue weighted by molar-refractivity contribution is 5.34. The van der Waals surface area contributed by atoms with E-state index >= 15 is 0 Å². The Kier molecular flexibility index (Phi) is 4.87. The molecule has 1 aromatic carbocycles. The first-order valence-electron chi connectivity index (χ1n) is 8.07.